The summed E-state index contributed by atoms with van der Waals surface area (Å²) in [6, 6.07) is 17.2. The standard InChI is InChI=1S/C15H10BrN3/c1-19(14-7-3-2-5-11(14)9-17)15-8-4-6-13(16)12(15)10-18/h2-8H,1H3. The van der Waals surface area contributed by atoms with E-state index in [2.05, 4.69) is 28.1 Å². The molecule has 0 unspecified atom stereocenters. The van der Waals surface area contributed by atoms with Crippen LogP contribution in [0.2, 0.25) is 0 Å². The first-order valence-corrected chi connectivity index (χ1v) is 6.39. The van der Waals surface area contributed by atoms with Crippen LogP contribution < -0.4 is 4.90 Å². The summed E-state index contributed by atoms with van der Waals surface area (Å²) >= 11 is 3.37. The third-order valence-electron chi connectivity index (χ3n) is 2.85. The van der Waals surface area contributed by atoms with E-state index >= 15 is 0 Å². The molecule has 3 nitrogen and oxygen atoms in total. The van der Waals surface area contributed by atoms with Crippen molar-refractivity contribution in [3.8, 4) is 12.1 Å². The molecule has 0 amide bonds. The van der Waals surface area contributed by atoms with Crippen molar-refractivity contribution in [1.82, 2.24) is 0 Å². The van der Waals surface area contributed by atoms with Gasteiger partial charge in [-0.15, -0.1) is 0 Å². The summed E-state index contributed by atoms with van der Waals surface area (Å²) in [4.78, 5) is 1.85. The van der Waals surface area contributed by atoms with E-state index in [0.29, 0.717) is 11.1 Å². The number of nitriles is 2. The lowest BCUT2D eigenvalue weighted by molar-refractivity contribution is 1.19. The van der Waals surface area contributed by atoms with E-state index in [1.807, 2.05) is 48.3 Å². The van der Waals surface area contributed by atoms with Gasteiger partial charge in [-0.1, -0.05) is 18.2 Å². The molecule has 0 aliphatic heterocycles. The number of hydrogen-bond donors (Lipinski definition) is 0. The Balaban J connectivity index is 2.58. The number of nitrogens with zero attached hydrogens (tertiary/aromatic N) is 3. The Bertz CT molecular complexity index is 695. The maximum atomic E-state index is 9.25. The van der Waals surface area contributed by atoms with Crippen molar-refractivity contribution in [3.63, 3.8) is 0 Å². The van der Waals surface area contributed by atoms with Gasteiger partial charge < -0.3 is 4.90 Å². The van der Waals surface area contributed by atoms with Crippen LogP contribution in [0.25, 0.3) is 0 Å². The van der Waals surface area contributed by atoms with Crippen LogP contribution >= 0.6 is 15.9 Å². The van der Waals surface area contributed by atoms with Gasteiger partial charge in [-0.05, 0) is 40.2 Å². The predicted molar refractivity (Wildman–Crippen MR) is 78.1 cm³/mol. The Hall–Kier alpha value is -2.30. The molecule has 92 valence electrons. The summed E-state index contributed by atoms with van der Waals surface area (Å²) in [5.74, 6) is 0. The second-order valence-corrected chi connectivity index (χ2v) is 4.79. The van der Waals surface area contributed by atoms with E-state index in [9.17, 15) is 5.26 Å². The molecular formula is C15H10BrN3. The quantitative estimate of drug-likeness (QED) is 0.843. The molecule has 2 rings (SSSR count). The molecule has 0 aliphatic carbocycles. The van der Waals surface area contributed by atoms with Crippen LogP contribution in [0.4, 0.5) is 11.4 Å². The van der Waals surface area contributed by atoms with E-state index in [-0.39, 0.29) is 0 Å². The fourth-order valence-electron chi connectivity index (χ4n) is 1.89. The Morgan fingerprint density at radius 2 is 1.63 bits per heavy atom. The fourth-order valence-corrected chi connectivity index (χ4v) is 2.34. The lowest BCUT2D eigenvalue weighted by Gasteiger charge is -2.22. The van der Waals surface area contributed by atoms with Crippen LogP contribution in [0, 0.1) is 22.7 Å². The SMILES string of the molecule is CN(c1ccccc1C#N)c1cccc(Br)c1C#N. The molecule has 0 atom stereocenters. The average Bonchev–Trinajstić information content (AvgIpc) is 2.46. The minimum Gasteiger partial charge on any atom is -0.342 e. The molecule has 4 heteroatoms. The first-order chi connectivity index (χ1) is 9.19. The second kappa shape index (κ2) is 5.56. The summed E-state index contributed by atoms with van der Waals surface area (Å²) < 4.78 is 0.744. The molecule has 2 aromatic carbocycles. The third kappa shape index (κ3) is 2.45. The summed E-state index contributed by atoms with van der Waals surface area (Å²) in [7, 11) is 1.85. The second-order valence-electron chi connectivity index (χ2n) is 3.93. The van der Waals surface area contributed by atoms with Crippen molar-refractivity contribution in [2.24, 2.45) is 0 Å². The molecular weight excluding hydrogens is 302 g/mol. The van der Waals surface area contributed by atoms with Gasteiger partial charge in [-0.2, -0.15) is 10.5 Å². The highest BCUT2D eigenvalue weighted by molar-refractivity contribution is 9.10. The summed E-state index contributed by atoms with van der Waals surface area (Å²) in [6.45, 7) is 0. The topological polar surface area (TPSA) is 50.8 Å². The van der Waals surface area contributed by atoms with Crippen LogP contribution in [0.1, 0.15) is 11.1 Å². The van der Waals surface area contributed by atoms with Crippen LogP contribution in [0.3, 0.4) is 0 Å². The molecule has 0 bridgehead atoms. The summed E-state index contributed by atoms with van der Waals surface area (Å²) in [6.07, 6.45) is 0. The zero-order valence-corrected chi connectivity index (χ0v) is 11.8. The van der Waals surface area contributed by atoms with Crippen molar-refractivity contribution >= 4 is 27.3 Å². The molecule has 0 spiro atoms. The molecule has 2 aromatic rings. The van der Waals surface area contributed by atoms with Crippen LogP contribution in [0.15, 0.2) is 46.9 Å². The van der Waals surface area contributed by atoms with E-state index in [1.54, 1.807) is 6.07 Å². The first kappa shape index (κ1) is 13.1. The molecule has 19 heavy (non-hydrogen) atoms. The number of anilines is 2. The smallest absolute Gasteiger partial charge is 0.103 e. The lowest BCUT2D eigenvalue weighted by atomic mass is 10.1. The van der Waals surface area contributed by atoms with Crippen molar-refractivity contribution in [2.45, 2.75) is 0 Å². The number of halogens is 1. The molecule has 0 N–H and O–H groups in total. The van der Waals surface area contributed by atoms with Gasteiger partial charge in [-0.25, -0.2) is 0 Å². The van der Waals surface area contributed by atoms with Crippen molar-refractivity contribution in [3.05, 3.63) is 58.1 Å². The van der Waals surface area contributed by atoms with E-state index in [1.165, 1.54) is 0 Å². The van der Waals surface area contributed by atoms with Crippen LogP contribution in [-0.4, -0.2) is 7.05 Å². The van der Waals surface area contributed by atoms with Gasteiger partial charge in [0.05, 0.1) is 22.5 Å². The normalized spacial score (nSPS) is 9.47. The zero-order valence-electron chi connectivity index (χ0n) is 10.3. The van der Waals surface area contributed by atoms with Crippen molar-refractivity contribution in [1.29, 1.82) is 10.5 Å². The van der Waals surface area contributed by atoms with Gasteiger partial charge in [0.25, 0.3) is 0 Å². The molecule has 0 saturated heterocycles. The van der Waals surface area contributed by atoms with Gasteiger partial charge in [0, 0.05) is 11.5 Å². The molecule has 0 aliphatic rings. The Morgan fingerprint density at radius 1 is 0.947 bits per heavy atom. The molecule has 0 saturated carbocycles. The van der Waals surface area contributed by atoms with Gasteiger partial charge in [-0.3, -0.25) is 0 Å². The van der Waals surface area contributed by atoms with Gasteiger partial charge in [0.2, 0.25) is 0 Å². The number of rotatable bonds is 2. The van der Waals surface area contributed by atoms with E-state index < -0.39 is 0 Å². The van der Waals surface area contributed by atoms with Crippen molar-refractivity contribution < 1.29 is 0 Å². The minimum atomic E-state index is 0.553. The van der Waals surface area contributed by atoms with Gasteiger partial charge >= 0.3 is 0 Å². The minimum absolute atomic E-state index is 0.553. The zero-order chi connectivity index (χ0) is 13.8. The van der Waals surface area contributed by atoms with Gasteiger partial charge in [0.15, 0.2) is 0 Å². The molecule has 0 heterocycles. The highest BCUT2D eigenvalue weighted by Crippen LogP contribution is 2.32. The van der Waals surface area contributed by atoms with E-state index in [4.69, 9.17) is 5.26 Å². The summed E-state index contributed by atoms with van der Waals surface area (Å²) in [5.41, 5.74) is 2.67. The van der Waals surface area contributed by atoms with Gasteiger partial charge in [0.1, 0.15) is 12.1 Å². The van der Waals surface area contributed by atoms with Crippen molar-refractivity contribution in [2.75, 3.05) is 11.9 Å². The highest BCUT2D eigenvalue weighted by atomic mass is 79.9. The number of benzene rings is 2. The number of para-hydroxylation sites is 1. The number of hydrogen-bond acceptors (Lipinski definition) is 3. The fraction of sp³-hybridized carbons (Fsp3) is 0.0667. The predicted octanol–water partition coefficient (Wildman–Crippen LogP) is 3.96. The van der Waals surface area contributed by atoms with Crippen LogP contribution in [0.5, 0.6) is 0 Å². The Morgan fingerprint density at radius 3 is 2.32 bits per heavy atom. The Labute approximate surface area is 120 Å². The first-order valence-electron chi connectivity index (χ1n) is 5.60. The maximum Gasteiger partial charge on any atom is 0.103 e. The lowest BCUT2D eigenvalue weighted by Crippen LogP contribution is -2.12. The largest absolute Gasteiger partial charge is 0.342 e. The highest BCUT2D eigenvalue weighted by Gasteiger charge is 2.14. The van der Waals surface area contributed by atoms with E-state index in [0.717, 1.165) is 15.8 Å². The van der Waals surface area contributed by atoms with Crippen LogP contribution in [-0.2, 0) is 0 Å². The monoisotopic (exact) mass is 311 g/mol. The molecule has 0 radical (unpaired) electrons. The molecule has 0 aromatic heterocycles. The maximum absolute atomic E-state index is 9.25. The average molecular weight is 312 g/mol. The third-order valence-corrected chi connectivity index (χ3v) is 3.51. The summed E-state index contributed by atoms with van der Waals surface area (Å²) in [5, 5.41) is 18.4. The Kier molecular flexibility index (Phi) is 3.85. The molecule has 0 fully saturated rings.